The number of nitrogens with zero attached hydrogens (tertiary/aromatic N) is 1. The van der Waals surface area contributed by atoms with Gasteiger partial charge in [-0.1, -0.05) is 29.8 Å². The molecule has 1 N–H and O–H groups in total. The second kappa shape index (κ2) is 8.97. The van der Waals surface area contributed by atoms with E-state index in [9.17, 15) is 0 Å². The summed E-state index contributed by atoms with van der Waals surface area (Å²) in [5, 5.41) is 3.94. The normalized spacial score (nSPS) is 24.7. The minimum atomic E-state index is 0.493. The van der Waals surface area contributed by atoms with Gasteiger partial charge in [0.25, 0.3) is 0 Å². The quantitative estimate of drug-likeness (QED) is 0.792. The van der Waals surface area contributed by atoms with E-state index >= 15 is 0 Å². The summed E-state index contributed by atoms with van der Waals surface area (Å²) in [4.78, 5) is 2.70. The van der Waals surface area contributed by atoms with Gasteiger partial charge in [-0.25, -0.2) is 0 Å². The molecule has 0 amide bonds. The molecule has 4 heteroatoms. The Hall–Kier alpha value is -2.04. The van der Waals surface area contributed by atoms with Crippen molar-refractivity contribution in [3.05, 3.63) is 59.7 Å². The van der Waals surface area contributed by atoms with Crippen LogP contribution in [0, 0.1) is 6.92 Å². The lowest BCUT2D eigenvalue weighted by molar-refractivity contribution is 0.111. The van der Waals surface area contributed by atoms with Crippen LogP contribution in [-0.2, 0) is 6.42 Å². The summed E-state index contributed by atoms with van der Waals surface area (Å²) in [6.45, 7) is 5.25. The highest BCUT2D eigenvalue weighted by Crippen LogP contribution is 2.27. The van der Waals surface area contributed by atoms with Crippen LogP contribution in [0.5, 0.6) is 11.5 Å². The van der Waals surface area contributed by atoms with E-state index in [4.69, 9.17) is 9.47 Å². The molecule has 2 heterocycles. The first-order chi connectivity index (χ1) is 13.7. The van der Waals surface area contributed by atoms with Gasteiger partial charge in [0.1, 0.15) is 11.5 Å². The van der Waals surface area contributed by atoms with Crippen LogP contribution in [0.25, 0.3) is 0 Å². The molecule has 2 aliphatic heterocycles. The van der Waals surface area contributed by atoms with Crippen molar-refractivity contribution in [1.82, 2.24) is 10.2 Å². The Morgan fingerprint density at radius 1 is 1.04 bits per heavy atom. The van der Waals surface area contributed by atoms with Gasteiger partial charge in [-0.15, -0.1) is 0 Å². The molecule has 0 spiro atoms. The Balaban J connectivity index is 1.34. The molecule has 2 aliphatic rings. The van der Waals surface area contributed by atoms with Gasteiger partial charge in [-0.2, -0.15) is 0 Å². The van der Waals surface area contributed by atoms with E-state index in [1.54, 1.807) is 7.11 Å². The molecule has 2 aromatic carbocycles. The van der Waals surface area contributed by atoms with E-state index in [1.165, 1.54) is 30.5 Å². The van der Waals surface area contributed by atoms with Crippen LogP contribution >= 0.6 is 0 Å². The number of benzene rings is 2. The van der Waals surface area contributed by atoms with E-state index < -0.39 is 0 Å². The summed E-state index contributed by atoms with van der Waals surface area (Å²) in [7, 11) is 1.72. The predicted molar refractivity (Wildman–Crippen MR) is 113 cm³/mol. The van der Waals surface area contributed by atoms with Gasteiger partial charge >= 0.3 is 0 Å². The SMILES string of the molecule is COc1ccc(CC2CN3CCCC3C(CCOc3ccc(C)cc3)N2)cc1. The van der Waals surface area contributed by atoms with Gasteiger partial charge in [0.05, 0.1) is 13.7 Å². The molecule has 150 valence electrons. The lowest BCUT2D eigenvalue weighted by Crippen LogP contribution is -2.61. The molecule has 2 aromatic rings. The van der Waals surface area contributed by atoms with Gasteiger partial charge < -0.3 is 14.8 Å². The van der Waals surface area contributed by atoms with E-state index in [-0.39, 0.29) is 0 Å². The monoisotopic (exact) mass is 380 g/mol. The summed E-state index contributed by atoms with van der Waals surface area (Å²) in [5.74, 6) is 1.89. The third-order valence-corrected chi connectivity index (χ3v) is 6.14. The second-order valence-electron chi connectivity index (χ2n) is 8.18. The van der Waals surface area contributed by atoms with Gasteiger partial charge in [0.2, 0.25) is 0 Å². The lowest BCUT2D eigenvalue weighted by atomic mass is 9.95. The van der Waals surface area contributed by atoms with Crippen molar-refractivity contribution in [2.45, 2.75) is 50.7 Å². The molecule has 3 unspecified atom stereocenters. The minimum absolute atomic E-state index is 0.493. The van der Waals surface area contributed by atoms with Crippen molar-refractivity contribution < 1.29 is 9.47 Å². The molecule has 0 aromatic heterocycles. The number of nitrogens with one attached hydrogen (secondary N) is 1. The molecular weight excluding hydrogens is 348 g/mol. The van der Waals surface area contributed by atoms with Gasteiger partial charge in [0.15, 0.2) is 0 Å². The van der Waals surface area contributed by atoms with Gasteiger partial charge in [-0.05, 0) is 69.0 Å². The zero-order valence-electron chi connectivity index (χ0n) is 17.1. The Bertz CT molecular complexity index is 744. The molecule has 3 atom stereocenters. The standard InChI is InChI=1S/C24H32N2O2/c1-18-5-9-22(10-6-18)28-15-13-23-24-4-3-14-26(24)17-20(25-23)16-19-7-11-21(27-2)12-8-19/h5-12,20,23-25H,3-4,13-17H2,1-2H3. The highest BCUT2D eigenvalue weighted by molar-refractivity contribution is 5.28. The Labute approximate surface area is 168 Å². The summed E-state index contributed by atoms with van der Waals surface area (Å²) in [5.41, 5.74) is 2.63. The number of rotatable bonds is 7. The fourth-order valence-electron chi connectivity index (χ4n) is 4.67. The van der Waals surface area contributed by atoms with Crippen molar-refractivity contribution >= 4 is 0 Å². The Kier molecular flexibility index (Phi) is 6.18. The van der Waals surface area contributed by atoms with Crippen LogP contribution < -0.4 is 14.8 Å². The van der Waals surface area contributed by atoms with Crippen molar-refractivity contribution in [2.24, 2.45) is 0 Å². The average molecular weight is 381 g/mol. The maximum absolute atomic E-state index is 6.02. The minimum Gasteiger partial charge on any atom is -0.497 e. The molecule has 0 saturated carbocycles. The van der Waals surface area contributed by atoms with Crippen LogP contribution in [0.4, 0.5) is 0 Å². The highest BCUT2D eigenvalue weighted by Gasteiger charge is 2.37. The first-order valence-electron chi connectivity index (χ1n) is 10.5. The first-order valence-corrected chi connectivity index (χ1v) is 10.5. The molecular formula is C24H32N2O2. The fraction of sp³-hybridized carbons (Fsp3) is 0.500. The molecule has 4 nitrogen and oxygen atoms in total. The zero-order chi connectivity index (χ0) is 19.3. The average Bonchev–Trinajstić information content (AvgIpc) is 3.19. The van der Waals surface area contributed by atoms with E-state index in [1.807, 2.05) is 0 Å². The summed E-state index contributed by atoms with van der Waals surface area (Å²) in [6.07, 6.45) is 4.73. The number of ether oxygens (including phenoxy) is 2. The maximum atomic E-state index is 6.02. The Morgan fingerprint density at radius 3 is 2.54 bits per heavy atom. The highest BCUT2D eigenvalue weighted by atomic mass is 16.5. The number of piperazine rings is 1. The molecule has 4 rings (SSSR count). The number of hydrogen-bond acceptors (Lipinski definition) is 4. The first kappa shape index (κ1) is 19.3. The fourth-order valence-corrected chi connectivity index (χ4v) is 4.67. The Morgan fingerprint density at radius 2 is 1.79 bits per heavy atom. The van der Waals surface area contributed by atoms with E-state index in [0.29, 0.717) is 18.1 Å². The maximum Gasteiger partial charge on any atom is 0.119 e. The van der Waals surface area contributed by atoms with Crippen LogP contribution in [0.2, 0.25) is 0 Å². The second-order valence-corrected chi connectivity index (χ2v) is 8.18. The van der Waals surface area contributed by atoms with Crippen LogP contribution in [0.15, 0.2) is 48.5 Å². The number of hydrogen-bond donors (Lipinski definition) is 1. The lowest BCUT2D eigenvalue weighted by Gasteiger charge is -2.42. The van der Waals surface area contributed by atoms with Gasteiger partial charge in [0, 0.05) is 24.7 Å². The van der Waals surface area contributed by atoms with Crippen molar-refractivity contribution in [2.75, 3.05) is 26.8 Å². The number of fused-ring (bicyclic) bond motifs is 1. The molecule has 0 radical (unpaired) electrons. The predicted octanol–water partition coefficient (Wildman–Crippen LogP) is 3.82. The molecule has 0 aliphatic carbocycles. The summed E-state index contributed by atoms with van der Waals surface area (Å²) in [6, 6.07) is 18.5. The van der Waals surface area contributed by atoms with Crippen LogP contribution in [-0.4, -0.2) is 49.8 Å². The van der Waals surface area contributed by atoms with Gasteiger partial charge in [-0.3, -0.25) is 4.90 Å². The van der Waals surface area contributed by atoms with E-state index in [2.05, 4.69) is 65.7 Å². The van der Waals surface area contributed by atoms with Crippen molar-refractivity contribution in [1.29, 1.82) is 0 Å². The number of aryl methyl sites for hydroxylation is 1. The van der Waals surface area contributed by atoms with Crippen molar-refractivity contribution in [3.8, 4) is 11.5 Å². The third kappa shape index (κ3) is 4.68. The van der Waals surface area contributed by atoms with Crippen molar-refractivity contribution in [3.63, 3.8) is 0 Å². The molecule has 2 fully saturated rings. The third-order valence-electron chi connectivity index (χ3n) is 6.14. The summed E-state index contributed by atoms with van der Waals surface area (Å²) < 4.78 is 11.3. The largest absolute Gasteiger partial charge is 0.497 e. The molecule has 0 bridgehead atoms. The molecule has 28 heavy (non-hydrogen) atoms. The van der Waals surface area contributed by atoms with Crippen LogP contribution in [0.1, 0.15) is 30.4 Å². The topological polar surface area (TPSA) is 33.7 Å². The molecule has 2 saturated heterocycles. The number of methoxy groups -OCH3 is 1. The van der Waals surface area contributed by atoms with E-state index in [0.717, 1.165) is 37.5 Å². The summed E-state index contributed by atoms with van der Waals surface area (Å²) >= 11 is 0. The van der Waals surface area contributed by atoms with Crippen LogP contribution in [0.3, 0.4) is 0 Å². The smallest absolute Gasteiger partial charge is 0.119 e. The zero-order valence-corrected chi connectivity index (χ0v) is 17.1.